The van der Waals surface area contributed by atoms with Gasteiger partial charge in [-0.15, -0.1) is 0 Å². The molecule has 1 aliphatic carbocycles. The van der Waals surface area contributed by atoms with E-state index < -0.39 is 0 Å². The third kappa shape index (κ3) is 3.93. The van der Waals surface area contributed by atoms with Crippen LogP contribution in [0.1, 0.15) is 0 Å². The van der Waals surface area contributed by atoms with E-state index in [0.29, 0.717) is 0 Å². The first-order valence-electron chi connectivity index (χ1n) is 16.4. The molecule has 48 heavy (non-hydrogen) atoms. The Hall–Kier alpha value is -6.38. The van der Waals surface area contributed by atoms with Crippen molar-refractivity contribution in [2.24, 2.45) is 0 Å². The zero-order valence-corrected chi connectivity index (χ0v) is 26.1. The molecule has 0 saturated heterocycles. The van der Waals surface area contributed by atoms with Gasteiger partial charge in [-0.25, -0.2) is 9.97 Å². The average molecular weight is 609 g/mol. The first-order chi connectivity index (χ1) is 23.8. The summed E-state index contributed by atoms with van der Waals surface area (Å²) in [5, 5.41) is 4.98. The molecule has 0 aliphatic heterocycles. The van der Waals surface area contributed by atoms with Gasteiger partial charge in [0.05, 0.1) is 22.4 Å². The lowest BCUT2D eigenvalue weighted by Crippen LogP contribution is -1.96. The fourth-order valence-electron chi connectivity index (χ4n) is 7.80. The lowest BCUT2D eigenvalue weighted by molar-refractivity contribution is 1.30. The molecule has 1 heterocycles. The van der Waals surface area contributed by atoms with E-state index in [-0.39, 0.29) is 0 Å². The van der Waals surface area contributed by atoms with Gasteiger partial charge in [0.1, 0.15) is 0 Å². The zero-order valence-electron chi connectivity index (χ0n) is 26.1. The van der Waals surface area contributed by atoms with Crippen molar-refractivity contribution in [3.8, 4) is 67.0 Å². The lowest BCUT2D eigenvalue weighted by Gasteiger charge is -2.20. The van der Waals surface area contributed by atoms with Crippen molar-refractivity contribution in [3.05, 3.63) is 170 Å². The van der Waals surface area contributed by atoms with Crippen LogP contribution in [-0.2, 0) is 0 Å². The van der Waals surface area contributed by atoms with Gasteiger partial charge in [0, 0.05) is 11.1 Å². The van der Waals surface area contributed by atoms with Crippen LogP contribution >= 0.6 is 0 Å². The summed E-state index contributed by atoms with van der Waals surface area (Å²) >= 11 is 0. The summed E-state index contributed by atoms with van der Waals surface area (Å²) in [6.07, 6.45) is 0. The van der Waals surface area contributed by atoms with Crippen molar-refractivity contribution in [2.45, 2.75) is 0 Å². The summed E-state index contributed by atoms with van der Waals surface area (Å²) in [5.74, 6) is 0. The quantitative estimate of drug-likeness (QED) is 0.199. The van der Waals surface area contributed by atoms with E-state index in [1.165, 1.54) is 66.1 Å². The third-order valence-corrected chi connectivity index (χ3v) is 9.79. The number of hydrogen-bond acceptors (Lipinski definition) is 2. The molecule has 222 valence electrons. The molecule has 1 aliphatic rings. The highest BCUT2D eigenvalue weighted by Gasteiger charge is 2.31. The van der Waals surface area contributed by atoms with Gasteiger partial charge in [-0.2, -0.15) is 0 Å². The van der Waals surface area contributed by atoms with E-state index in [1.807, 2.05) is 24.3 Å². The molecule has 2 heteroatoms. The van der Waals surface area contributed by atoms with E-state index >= 15 is 0 Å². The number of para-hydroxylation sites is 2. The number of rotatable bonds is 4. The van der Waals surface area contributed by atoms with Gasteiger partial charge in [-0.3, -0.25) is 0 Å². The highest BCUT2D eigenvalue weighted by molar-refractivity contribution is 6.28. The monoisotopic (exact) mass is 608 g/mol. The molecule has 2 nitrogen and oxygen atoms in total. The number of hydrogen-bond donors (Lipinski definition) is 0. The maximum Gasteiger partial charge on any atom is 0.0979 e. The van der Waals surface area contributed by atoms with Crippen molar-refractivity contribution in [2.75, 3.05) is 0 Å². The van der Waals surface area contributed by atoms with E-state index in [0.717, 1.165) is 33.5 Å². The average Bonchev–Trinajstić information content (AvgIpc) is 3.49. The van der Waals surface area contributed by atoms with Crippen LogP contribution in [0.2, 0.25) is 0 Å². The second-order valence-electron chi connectivity index (χ2n) is 12.4. The summed E-state index contributed by atoms with van der Waals surface area (Å²) < 4.78 is 0. The highest BCUT2D eigenvalue weighted by atomic mass is 14.8. The molecular weight excluding hydrogens is 581 g/mol. The molecular formula is C46H28N2. The predicted molar refractivity (Wildman–Crippen MR) is 201 cm³/mol. The second-order valence-corrected chi connectivity index (χ2v) is 12.4. The molecule has 8 aromatic carbocycles. The summed E-state index contributed by atoms with van der Waals surface area (Å²) in [6.45, 7) is 0. The lowest BCUT2D eigenvalue weighted by atomic mass is 9.82. The fourth-order valence-corrected chi connectivity index (χ4v) is 7.80. The van der Waals surface area contributed by atoms with Crippen molar-refractivity contribution in [1.29, 1.82) is 0 Å². The Kier molecular flexibility index (Phi) is 5.91. The van der Waals surface area contributed by atoms with Gasteiger partial charge in [0.2, 0.25) is 0 Å². The first-order valence-corrected chi connectivity index (χ1v) is 16.4. The van der Waals surface area contributed by atoms with Crippen LogP contribution in [-0.4, -0.2) is 9.97 Å². The van der Waals surface area contributed by atoms with Crippen LogP contribution in [0.15, 0.2) is 170 Å². The molecule has 0 saturated carbocycles. The van der Waals surface area contributed by atoms with Gasteiger partial charge in [0.15, 0.2) is 0 Å². The van der Waals surface area contributed by atoms with E-state index in [1.54, 1.807) is 0 Å². The van der Waals surface area contributed by atoms with Crippen LogP contribution < -0.4 is 0 Å². The Balaban J connectivity index is 1.35. The number of aromatic nitrogens is 2. The largest absolute Gasteiger partial charge is 0.244 e. The van der Waals surface area contributed by atoms with E-state index in [4.69, 9.17) is 9.97 Å². The molecule has 0 unspecified atom stereocenters. The fraction of sp³-hybridized carbons (Fsp3) is 0. The summed E-state index contributed by atoms with van der Waals surface area (Å²) in [7, 11) is 0. The zero-order chi connectivity index (χ0) is 31.6. The second kappa shape index (κ2) is 10.6. The van der Waals surface area contributed by atoms with E-state index in [9.17, 15) is 0 Å². The van der Waals surface area contributed by atoms with Crippen molar-refractivity contribution in [1.82, 2.24) is 9.97 Å². The Morgan fingerprint density at radius 2 is 0.708 bits per heavy atom. The summed E-state index contributed by atoms with van der Waals surface area (Å²) in [4.78, 5) is 10.5. The molecule has 0 N–H and O–H groups in total. The minimum Gasteiger partial charge on any atom is -0.244 e. The van der Waals surface area contributed by atoms with Crippen LogP contribution in [0.25, 0.3) is 99.6 Å². The molecule has 0 atom stereocenters. The summed E-state index contributed by atoms with van der Waals surface area (Å²) in [5.41, 5.74) is 15.8. The molecule has 10 rings (SSSR count). The molecule has 0 radical (unpaired) electrons. The Morgan fingerprint density at radius 3 is 1.29 bits per heavy atom. The van der Waals surface area contributed by atoms with Gasteiger partial charge in [-0.1, -0.05) is 158 Å². The minimum absolute atomic E-state index is 0.891. The van der Waals surface area contributed by atoms with Gasteiger partial charge in [-0.05, 0) is 78.2 Å². The van der Waals surface area contributed by atoms with Crippen molar-refractivity contribution in [3.63, 3.8) is 0 Å². The van der Waals surface area contributed by atoms with E-state index in [2.05, 4.69) is 146 Å². The van der Waals surface area contributed by atoms with Crippen LogP contribution in [0.3, 0.4) is 0 Å². The Labute approximate surface area is 278 Å². The Bertz CT molecular complexity index is 2600. The minimum atomic E-state index is 0.891. The van der Waals surface area contributed by atoms with Crippen LogP contribution in [0.4, 0.5) is 0 Å². The summed E-state index contributed by atoms with van der Waals surface area (Å²) in [6, 6.07) is 60.7. The maximum absolute atomic E-state index is 5.31. The normalized spacial score (nSPS) is 11.8. The standard InChI is InChI=1S/C46H28N2/c1-4-15-29(16-5-1)40-32-21-10-11-22-33(32)41(30-17-6-2-7-18-30)44-37-28-27-35(34-23-14-24-36(42(34)37)43(40)44)46-45(31-19-8-3-9-20-31)47-38-25-12-13-26-39(38)48-46/h1-28H. The predicted octanol–water partition coefficient (Wildman–Crippen LogP) is 12.3. The molecule has 0 bridgehead atoms. The van der Waals surface area contributed by atoms with Crippen molar-refractivity contribution >= 4 is 32.6 Å². The molecule has 1 aromatic heterocycles. The molecule has 9 aromatic rings. The van der Waals surface area contributed by atoms with Crippen LogP contribution in [0, 0.1) is 0 Å². The maximum atomic E-state index is 5.31. The number of nitrogens with zero attached hydrogens (tertiary/aromatic N) is 2. The van der Waals surface area contributed by atoms with Gasteiger partial charge < -0.3 is 0 Å². The molecule has 0 amide bonds. The SMILES string of the molecule is c1ccc(-c2nc3ccccc3nc2-c2ccc3c4c(cccc24)-c2c-3c(-c3ccccc3)c3ccccc3c2-c2ccccc2)cc1. The smallest absolute Gasteiger partial charge is 0.0979 e. The molecule has 0 fully saturated rings. The van der Waals surface area contributed by atoms with Gasteiger partial charge in [0.25, 0.3) is 0 Å². The van der Waals surface area contributed by atoms with Crippen LogP contribution in [0.5, 0.6) is 0 Å². The number of benzene rings is 8. The highest BCUT2D eigenvalue weighted by Crippen LogP contribution is 2.58. The van der Waals surface area contributed by atoms with Crippen molar-refractivity contribution < 1.29 is 0 Å². The molecule has 0 spiro atoms. The topological polar surface area (TPSA) is 25.8 Å². The number of fused-ring (bicyclic) bond motifs is 5. The third-order valence-electron chi connectivity index (χ3n) is 9.79. The van der Waals surface area contributed by atoms with Gasteiger partial charge >= 0.3 is 0 Å². The first kappa shape index (κ1) is 26.8. The Morgan fingerprint density at radius 1 is 0.271 bits per heavy atom.